The highest BCUT2D eigenvalue weighted by atomic mass is 32.2. The third-order valence-corrected chi connectivity index (χ3v) is 7.09. The van der Waals surface area contributed by atoms with E-state index >= 15 is 0 Å². The van der Waals surface area contributed by atoms with Crippen LogP contribution in [0.15, 0.2) is 39.1 Å². The smallest absolute Gasteiger partial charge is 0.259 e. The molecule has 136 valence electrons. The number of thiazole rings is 1. The Hall–Kier alpha value is -2.17. The highest BCUT2D eigenvalue weighted by molar-refractivity contribution is 7.89. The number of nitrogens with zero attached hydrogens (tertiary/aromatic N) is 4. The Morgan fingerprint density at radius 1 is 1.35 bits per heavy atom. The van der Waals surface area contributed by atoms with Crippen molar-refractivity contribution in [3.05, 3.63) is 47.2 Å². The van der Waals surface area contributed by atoms with E-state index < -0.39 is 21.9 Å². The zero-order chi connectivity index (χ0) is 18.3. The highest BCUT2D eigenvalue weighted by Gasteiger charge is 2.39. The molecule has 1 aliphatic rings. The van der Waals surface area contributed by atoms with Crippen LogP contribution in [-0.2, 0) is 10.0 Å². The molecular weight excluding hydrogens is 379 g/mol. The van der Waals surface area contributed by atoms with Crippen LogP contribution in [0.1, 0.15) is 30.5 Å². The van der Waals surface area contributed by atoms with Gasteiger partial charge < -0.3 is 4.42 Å². The third-order valence-electron chi connectivity index (χ3n) is 4.27. The van der Waals surface area contributed by atoms with Crippen molar-refractivity contribution in [1.82, 2.24) is 19.5 Å². The Morgan fingerprint density at radius 2 is 2.19 bits per heavy atom. The summed E-state index contributed by atoms with van der Waals surface area (Å²) in [5.41, 5.74) is 2.46. The van der Waals surface area contributed by atoms with E-state index in [1.165, 1.54) is 33.8 Å². The Kier molecular flexibility index (Phi) is 4.33. The van der Waals surface area contributed by atoms with Crippen LogP contribution in [0.3, 0.4) is 0 Å². The normalized spacial score (nSPS) is 18.5. The van der Waals surface area contributed by atoms with Crippen LogP contribution in [0.4, 0.5) is 4.39 Å². The summed E-state index contributed by atoms with van der Waals surface area (Å²) in [5, 5.41) is 8.09. The molecule has 0 N–H and O–H groups in total. The van der Waals surface area contributed by atoms with E-state index in [2.05, 4.69) is 15.2 Å². The molecule has 1 saturated heterocycles. The fourth-order valence-electron chi connectivity index (χ4n) is 3.01. The summed E-state index contributed by atoms with van der Waals surface area (Å²) in [6.07, 6.45) is 1.23. The van der Waals surface area contributed by atoms with Gasteiger partial charge in [-0.15, -0.1) is 21.5 Å². The quantitative estimate of drug-likeness (QED) is 0.675. The lowest BCUT2D eigenvalue weighted by Gasteiger charge is -2.21. The van der Waals surface area contributed by atoms with Crippen LogP contribution in [0.25, 0.3) is 10.8 Å². The molecule has 10 heteroatoms. The maximum Gasteiger partial charge on any atom is 0.259 e. The number of hydrogen-bond donors (Lipinski definition) is 0. The van der Waals surface area contributed by atoms with Gasteiger partial charge in [0.2, 0.25) is 15.9 Å². The van der Waals surface area contributed by atoms with Gasteiger partial charge in [-0.1, -0.05) is 6.07 Å². The minimum absolute atomic E-state index is 0.0811. The van der Waals surface area contributed by atoms with Gasteiger partial charge >= 0.3 is 0 Å². The Bertz CT molecular complexity index is 1050. The molecule has 7 nitrogen and oxygen atoms in total. The van der Waals surface area contributed by atoms with E-state index in [1.54, 1.807) is 5.51 Å². The van der Waals surface area contributed by atoms with Gasteiger partial charge in [0.25, 0.3) is 5.89 Å². The van der Waals surface area contributed by atoms with Crippen molar-refractivity contribution in [2.75, 3.05) is 6.54 Å². The third kappa shape index (κ3) is 2.93. The summed E-state index contributed by atoms with van der Waals surface area (Å²) < 4.78 is 46.4. The zero-order valence-corrected chi connectivity index (χ0v) is 15.4. The first-order valence-corrected chi connectivity index (χ1v) is 10.3. The number of aryl methyl sites for hydroxylation is 1. The molecule has 1 atom stereocenters. The molecule has 26 heavy (non-hydrogen) atoms. The molecule has 1 aliphatic heterocycles. The lowest BCUT2D eigenvalue weighted by molar-refractivity contribution is 0.332. The first-order valence-electron chi connectivity index (χ1n) is 7.98. The second-order valence-electron chi connectivity index (χ2n) is 5.94. The Morgan fingerprint density at radius 3 is 2.92 bits per heavy atom. The van der Waals surface area contributed by atoms with Crippen LogP contribution in [0, 0.1) is 12.7 Å². The van der Waals surface area contributed by atoms with Gasteiger partial charge in [-0.25, -0.2) is 17.8 Å². The van der Waals surface area contributed by atoms with Gasteiger partial charge in [-0.2, -0.15) is 4.31 Å². The van der Waals surface area contributed by atoms with Gasteiger partial charge in [0.05, 0.1) is 16.1 Å². The summed E-state index contributed by atoms with van der Waals surface area (Å²) >= 11 is 1.38. The van der Waals surface area contributed by atoms with Crippen LogP contribution in [-0.4, -0.2) is 34.4 Å². The van der Waals surface area contributed by atoms with Crippen LogP contribution in [0.5, 0.6) is 0 Å². The van der Waals surface area contributed by atoms with Crippen LogP contribution in [0.2, 0.25) is 0 Å². The van der Waals surface area contributed by atoms with Gasteiger partial charge in [-0.3, -0.25) is 0 Å². The zero-order valence-electron chi connectivity index (χ0n) is 13.8. The van der Waals surface area contributed by atoms with Crippen molar-refractivity contribution in [3.8, 4) is 10.8 Å². The number of halogens is 1. The lowest BCUT2D eigenvalue weighted by atomic mass is 10.2. The summed E-state index contributed by atoms with van der Waals surface area (Å²) in [7, 11) is -3.86. The number of aromatic nitrogens is 3. The number of benzene rings is 1. The largest absolute Gasteiger partial charge is 0.418 e. The summed E-state index contributed by atoms with van der Waals surface area (Å²) in [6.45, 7) is 2.16. The van der Waals surface area contributed by atoms with Gasteiger partial charge in [0, 0.05) is 6.54 Å². The van der Waals surface area contributed by atoms with Crippen LogP contribution >= 0.6 is 11.3 Å². The molecule has 1 fully saturated rings. The molecule has 2 aromatic heterocycles. The average Bonchev–Trinajstić information content (AvgIpc) is 3.34. The van der Waals surface area contributed by atoms with E-state index in [0.717, 1.165) is 16.6 Å². The monoisotopic (exact) mass is 394 g/mol. The SMILES string of the molecule is Cc1ncsc1-c1nnc([C@@H]2CCCN2S(=O)(=O)c2cccc(F)c2)o1. The Labute approximate surface area is 153 Å². The minimum atomic E-state index is -3.86. The maximum atomic E-state index is 13.5. The molecule has 3 aromatic rings. The van der Waals surface area contributed by atoms with Crippen molar-refractivity contribution in [1.29, 1.82) is 0 Å². The van der Waals surface area contributed by atoms with Crippen molar-refractivity contribution >= 4 is 21.4 Å². The first kappa shape index (κ1) is 17.3. The maximum absolute atomic E-state index is 13.5. The van der Waals surface area contributed by atoms with Crippen molar-refractivity contribution in [2.24, 2.45) is 0 Å². The van der Waals surface area contributed by atoms with E-state index in [0.29, 0.717) is 25.3 Å². The lowest BCUT2D eigenvalue weighted by Crippen LogP contribution is -2.31. The molecule has 0 spiro atoms. The molecule has 0 bridgehead atoms. The van der Waals surface area contributed by atoms with E-state index in [9.17, 15) is 12.8 Å². The van der Waals surface area contributed by atoms with Gasteiger partial charge in [-0.05, 0) is 38.0 Å². The minimum Gasteiger partial charge on any atom is -0.418 e. The topological polar surface area (TPSA) is 89.2 Å². The number of rotatable bonds is 4. The van der Waals surface area contributed by atoms with Gasteiger partial charge in [0.1, 0.15) is 16.7 Å². The highest BCUT2D eigenvalue weighted by Crippen LogP contribution is 2.37. The molecule has 0 amide bonds. The summed E-state index contributed by atoms with van der Waals surface area (Å²) in [5.74, 6) is -0.0251. The standard InChI is InChI=1S/C16H15FN4O3S2/c1-10-14(25-9-18-10)16-20-19-15(24-16)13-6-3-7-21(13)26(22,23)12-5-2-4-11(17)8-12/h2,4-5,8-9,13H,3,6-7H2,1H3/t13-/m0/s1. The molecule has 4 rings (SSSR count). The van der Waals surface area contributed by atoms with Crippen molar-refractivity contribution < 1.29 is 17.2 Å². The fourth-order valence-corrected chi connectivity index (χ4v) is 5.41. The second kappa shape index (κ2) is 6.53. The fraction of sp³-hybridized carbons (Fsp3) is 0.312. The predicted octanol–water partition coefficient (Wildman–Crippen LogP) is 3.17. The average molecular weight is 394 g/mol. The van der Waals surface area contributed by atoms with Crippen molar-refractivity contribution in [3.63, 3.8) is 0 Å². The second-order valence-corrected chi connectivity index (χ2v) is 8.69. The Balaban J connectivity index is 1.67. The molecule has 0 aliphatic carbocycles. The number of hydrogen-bond acceptors (Lipinski definition) is 7. The molecule has 0 saturated carbocycles. The molecular formula is C16H15FN4O3S2. The summed E-state index contributed by atoms with van der Waals surface area (Å²) in [6, 6.07) is 4.43. The van der Waals surface area contributed by atoms with E-state index in [-0.39, 0.29) is 10.8 Å². The molecule has 3 heterocycles. The molecule has 0 unspecified atom stereocenters. The van der Waals surface area contributed by atoms with Gasteiger partial charge in [0.15, 0.2) is 0 Å². The predicted molar refractivity (Wildman–Crippen MR) is 92.4 cm³/mol. The van der Waals surface area contributed by atoms with Crippen LogP contribution < -0.4 is 0 Å². The van der Waals surface area contributed by atoms with E-state index in [1.807, 2.05) is 6.92 Å². The summed E-state index contributed by atoms with van der Waals surface area (Å²) in [4.78, 5) is 4.83. The molecule has 0 radical (unpaired) electrons. The van der Waals surface area contributed by atoms with Crippen molar-refractivity contribution in [2.45, 2.75) is 30.7 Å². The first-order chi connectivity index (χ1) is 12.5. The number of sulfonamides is 1. The van der Waals surface area contributed by atoms with E-state index in [4.69, 9.17) is 4.42 Å². The molecule has 1 aromatic carbocycles.